The molecular weight excluding hydrogens is 267 g/mol. The van der Waals surface area contributed by atoms with Gasteiger partial charge in [0.05, 0.1) is 6.61 Å². The quantitative estimate of drug-likeness (QED) is 0.678. The number of aliphatic hydroxyl groups is 1. The Hall–Kier alpha value is -1.63. The summed E-state index contributed by atoms with van der Waals surface area (Å²) >= 11 is 0. The van der Waals surface area contributed by atoms with Crippen molar-refractivity contribution < 1.29 is 9.67 Å². The Labute approximate surface area is 120 Å². The number of allylic oxidation sites excluding steroid dienone is 1. The van der Waals surface area contributed by atoms with Gasteiger partial charge in [-0.1, -0.05) is 79.7 Å². The minimum absolute atomic E-state index is 0.0338. The van der Waals surface area contributed by atoms with E-state index in [4.69, 9.17) is 5.11 Å². The minimum atomic E-state index is -2.74. The molecular formula is C17H19O2P. The molecule has 104 valence electrons. The standard InChI is InChI=1S/C17H19O2P/c1-15(9-8-14-18)20(19,16-10-4-2-5-11-16)17-12-6-3-7-13-17/h2-13,15,18H,14H2,1H3/b9-8+. The lowest BCUT2D eigenvalue weighted by molar-refractivity contribution is 0.342. The van der Waals surface area contributed by atoms with Gasteiger partial charge in [-0.25, -0.2) is 0 Å². The Morgan fingerprint density at radius 1 is 1.00 bits per heavy atom. The highest BCUT2D eigenvalue weighted by molar-refractivity contribution is 7.79. The fraction of sp³-hybridized carbons (Fsp3) is 0.176. The number of rotatable bonds is 5. The van der Waals surface area contributed by atoms with Gasteiger partial charge >= 0.3 is 0 Å². The van der Waals surface area contributed by atoms with Crippen molar-refractivity contribution in [2.75, 3.05) is 6.61 Å². The molecule has 0 saturated carbocycles. The van der Waals surface area contributed by atoms with Crippen LogP contribution in [-0.2, 0) is 4.57 Å². The van der Waals surface area contributed by atoms with Crippen LogP contribution < -0.4 is 10.6 Å². The highest BCUT2D eigenvalue weighted by atomic mass is 31.2. The molecule has 0 aliphatic heterocycles. The number of aliphatic hydroxyl groups excluding tert-OH is 1. The van der Waals surface area contributed by atoms with Crippen LogP contribution in [0.3, 0.4) is 0 Å². The van der Waals surface area contributed by atoms with Crippen LogP contribution in [0.4, 0.5) is 0 Å². The Morgan fingerprint density at radius 3 is 1.85 bits per heavy atom. The van der Waals surface area contributed by atoms with E-state index in [1.807, 2.05) is 73.7 Å². The van der Waals surface area contributed by atoms with Crippen molar-refractivity contribution >= 4 is 17.8 Å². The fourth-order valence-electron chi connectivity index (χ4n) is 2.30. The van der Waals surface area contributed by atoms with Crippen LogP contribution in [0.25, 0.3) is 0 Å². The van der Waals surface area contributed by atoms with E-state index >= 15 is 0 Å². The van der Waals surface area contributed by atoms with Crippen molar-refractivity contribution in [3.05, 3.63) is 72.8 Å². The molecule has 2 aromatic rings. The molecule has 0 aromatic heterocycles. The highest BCUT2D eigenvalue weighted by Crippen LogP contribution is 2.48. The van der Waals surface area contributed by atoms with Gasteiger partial charge < -0.3 is 9.67 Å². The molecule has 0 amide bonds. The van der Waals surface area contributed by atoms with E-state index in [0.29, 0.717) is 0 Å². The van der Waals surface area contributed by atoms with Crippen molar-refractivity contribution in [3.63, 3.8) is 0 Å². The summed E-state index contributed by atoms with van der Waals surface area (Å²) in [4.78, 5) is 0. The number of hydrogen-bond acceptors (Lipinski definition) is 2. The summed E-state index contributed by atoms with van der Waals surface area (Å²) in [6.07, 6.45) is 3.49. The normalized spacial score (nSPS) is 13.5. The number of hydrogen-bond donors (Lipinski definition) is 1. The van der Waals surface area contributed by atoms with E-state index in [2.05, 4.69) is 0 Å². The SMILES string of the molecule is CC(/C=C/CO)P(=O)(c1ccccc1)c1ccccc1. The molecule has 20 heavy (non-hydrogen) atoms. The molecule has 1 N–H and O–H groups in total. The third-order valence-electron chi connectivity index (χ3n) is 3.37. The topological polar surface area (TPSA) is 37.3 Å². The second-order valence-corrected chi connectivity index (χ2v) is 7.84. The molecule has 1 unspecified atom stereocenters. The first kappa shape index (κ1) is 14.8. The van der Waals surface area contributed by atoms with Crippen LogP contribution in [0.1, 0.15) is 6.92 Å². The summed E-state index contributed by atoms with van der Waals surface area (Å²) < 4.78 is 13.7. The van der Waals surface area contributed by atoms with Crippen molar-refractivity contribution in [1.82, 2.24) is 0 Å². The van der Waals surface area contributed by atoms with Gasteiger partial charge in [0, 0.05) is 16.3 Å². The molecule has 3 heteroatoms. The Kier molecular flexibility index (Phi) is 4.94. The van der Waals surface area contributed by atoms with Crippen LogP contribution in [0, 0.1) is 0 Å². The van der Waals surface area contributed by atoms with Crippen molar-refractivity contribution in [2.24, 2.45) is 0 Å². The van der Waals surface area contributed by atoms with Gasteiger partial charge in [0.1, 0.15) is 7.14 Å². The van der Waals surface area contributed by atoms with Crippen molar-refractivity contribution in [1.29, 1.82) is 0 Å². The monoisotopic (exact) mass is 286 g/mol. The molecule has 0 bridgehead atoms. The summed E-state index contributed by atoms with van der Waals surface area (Å²) in [7, 11) is -2.74. The Morgan fingerprint density at radius 2 is 1.45 bits per heavy atom. The first-order valence-corrected chi connectivity index (χ1v) is 8.45. The van der Waals surface area contributed by atoms with Crippen molar-refractivity contribution in [2.45, 2.75) is 12.6 Å². The van der Waals surface area contributed by atoms with Crippen LogP contribution in [-0.4, -0.2) is 17.4 Å². The van der Waals surface area contributed by atoms with Gasteiger partial charge in [0.15, 0.2) is 0 Å². The molecule has 2 nitrogen and oxygen atoms in total. The van der Waals surface area contributed by atoms with Gasteiger partial charge in [-0.15, -0.1) is 0 Å². The Bertz CT molecular complexity index is 562. The molecule has 0 fully saturated rings. The van der Waals surface area contributed by atoms with E-state index in [1.54, 1.807) is 6.08 Å². The van der Waals surface area contributed by atoms with E-state index in [9.17, 15) is 4.57 Å². The van der Waals surface area contributed by atoms with Crippen LogP contribution >= 0.6 is 7.14 Å². The van der Waals surface area contributed by atoms with Crippen LogP contribution in [0.5, 0.6) is 0 Å². The summed E-state index contributed by atoms with van der Waals surface area (Å²) in [5.74, 6) is 0. The largest absolute Gasteiger partial charge is 0.392 e. The third kappa shape index (κ3) is 2.92. The van der Waals surface area contributed by atoms with Gasteiger partial charge in [0.25, 0.3) is 0 Å². The van der Waals surface area contributed by atoms with Gasteiger partial charge in [-0.2, -0.15) is 0 Å². The summed E-state index contributed by atoms with van der Waals surface area (Å²) in [5, 5.41) is 10.6. The average Bonchev–Trinajstić information content (AvgIpc) is 2.53. The fourth-order valence-corrected chi connectivity index (χ4v) is 5.13. The van der Waals surface area contributed by atoms with E-state index in [-0.39, 0.29) is 12.3 Å². The maximum Gasteiger partial charge on any atom is 0.149 e. The number of benzene rings is 2. The molecule has 2 rings (SSSR count). The lowest BCUT2D eigenvalue weighted by atomic mass is 10.4. The lowest BCUT2D eigenvalue weighted by Crippen LogP contribution is -2.22. The summed E-state index contributed by atoms with van der Waals surface area (Å²) in [6, 6.07) is 19.1. The molecule has 0 heterocycles. The van der Waals surface area contributed by atoms with Crippen LogP contribution in [0.15, 0.2) is 72.8 Å². The molecule has 0 aliphatic rings. The first-order chi connectivity index (χ1) is 9.69. The average molecular weight is 286 g/mol. The predicted octanol–water partition coefficient (Wildman–Crippen LogP) is 2.94. The third-order valence-corrected chi connectivity index (χ3v) is 6.82. The smallest absolute Gasteiger partial charge is 0.149 e. The van der Waals surface area contributed by atoms with E-state index < -0.39 is 7.14 Å². The molecule has 1 atom stereocenters. The van der Waals surface area contributed by atoms with Crippen LogP contribution in [0.2, 0.25) is 0 Å². The lowest BCUT2D eigenvalue weighted by Gasteiger charge is -2.23. The Balaban J connectivity index is 2.55. The van der Waals surface area contributed by atoms with Crippen molar-refractivity contribution in [3.8, 4) is 0 Å². The summed E-state index contributed by atoms with van der Waals surface area (Å²) in [6.45, 7) is 1.90. The zero-order chi connectivity index (χ0) is 14.4. The molecule has 0 radical (unpaired) electrons. The molecule has 0 saturated heterocycles. The van der Waals surface area contributed by atoms with E-state index in [1.165, 1.54) is 0 Å². The van der Waals surface area contributed by atoms with E-state index in [0.717, 1.165) is 10.6 Å². The second-order valence-electron chi connectivity index (χ2n) is 4.68. The molecule has 2 aromatic carbocycles. The zero-order valence-electron chi connectivity index (χ0n) is 11.5. The zero-order valence-corrected chi connectivity index (χ0v) is 12.4. The van der Waals surface area contributed by atoms with Gasteiger partial charge in [-0.05, 0) is 0 Å². The summed E-state index contributed by atoms with van der Waals surface area (Å²) in [5.41, 5.74) is -0.153. The maximum absolute atomic E-state index is 13.7. The minimum Gasteiger partial charge on any atom is -0.392 e. The van der Waals surface area contributed by atoms with Gasteiger partial charge in [0.2, 0.25) is 0 Å². The predicted molar refractivity (Wildman–Crippen MR) is 85.4 cm³/mol. The molecule has 0 spiro atoms. The van der Waals surface area contributed by atoms with Gasteiger partial charge in [-0.3, -0.25) is 0 Å². The highest BCUT2D eigenvalue weighted by Gasteiger charge is 2.31. The maximum atomic E-state index is 13.7. The first-order valence-electron chi connectivity index (χ1n) is 6.68. The molecule has 0 aliphatic carbocycles. The second kappa shape index (κ2) is 6.69.